The SMILES string of the molecule is COc1cc(C[NH2+]CC[N-]S(C)(=O)=O)cc(Br)c1O. The van der Waals surface area contributed by atoms with Gasteiger partial charge in [0.2, 0.25) is 0 Å². The molecule has 0 aromatic heterocycles. The topological polar surface area (TPSA) is 94.3 Å². The molecule has 0 spiro atoms. The lowest BCUT2D eigenvalue weighted by molar-refractivity contribution is -0.667. The quantitative estimate of drug-likeness (QED) is 0.701. The molecule has 1 aromatic carbocycles. The number of benzene rings is 1. The van der Waals surface area contributed by atoms with E-state index >= 15 is 0 Å². The van der Waals surface area contributed by atoms with Gasteiger partial charge < -0.3 is 19.9 Å². The van der Waals surface area contributed by atoms with E-state index in [-0.39, 0.29) is 12.3 Å². The van der Waals surface area contributed by atoms with E-state index in [2.05, 4.69) is 20.7 Å². The minimum atomic E-state index is -3.25. The van der Waals surface area contributed by atoms with Gasteiger partial charge in [0.15, 0.2) is 11.5 Å². The lowest BCUT2D eigenvalue weighted by Crippen LogP contribution is -2.83. The van der Waals surface area contributed by atoms with Crippen molar-refractivity contribution in [2.24, 2.45) is 0 Å². The summed E-state index contributed by atoms with van der Waals surface area (Å²) in [5.74, 6) is 0.469. The molecule has 6 nitrogen and oxygen atoms in total. The number of rotatable bonds is 7. The average Bonchev–Trinajstić information content (AvgIpc) is 2.31. The summed E-state index contributed by atoms with van der Waals surface area (Å²) in [6, 6.07) is 3.53. The van der Waals surface area contributed by atoms with E-state index in [0.717, 1.165) is 11.8 Å². The molecule has 0 saturated carbocycles. The number of hydrogen-bond acceptors (Lipinski definition) is 4. The average molecular weight is 353 g/mol. The van der Waals surface area contributed by atoms with Crippen LogP contribution >= 0.6 is 15.9 Å². The standard InChI is InChI=1S/C11H16BrN2O4S/c1-18-10-6-8(5-9(12)11(10)15)7-13-3-4-14-19(2,16)17/h5-6,13,15H,3-4,7H2,1-2H3/q-1/p+1. The van der Waals surface area contributed by atoms with Crippen molar-refractivity contribution in [3.8, 4) is 11.5 Å². The highest BCUT2D eigenvalue weighted by Gasteiger charge is 2.09. The van der Waals surface area contributed by atoms with Crippen LogP contribution in [0.15, 0.2) is 16.6 Å². The second-order valence-corrected chi connectivity index (χ2v) is 6.57. The van der Waals surface area contributed by atoms with Gasteiger partial charge in [0.1, 0.15) is 6.54 Å². The van der Waals surface area contributed by atoms with Crippen molar-refractivity contribution in [3.05, 3.63) is 26.9 Å². The Labute approximate surface area is 121 Å². The highest BCUT2D eigenvalue weighted by atomic mass is 79.9. The number of nitrogens with two attached hydrogens (primary N) is 1. The third-order valence-corrected chi connectivity index (χ3v) is 3.60. The first-order valence-electron chi connectivity index (χ1n) is 5.59. The Balaban J connectivity index is 2.48. The first-order valence-corrected chi connectivity index (χ1v) is 8.23. The smallest absolute Gasteiger partial charge is 0.172 e. The van der Waals surface area contributed by atoms with Crippen LogP contribution in [0.4, 0.5) is 0 Å². The maximum Gasteiger partial charge on any atom is 0.172 e. The Morgan fingerprint density at radius 3 is 2.74 bits per heavy atom. The second-order valence-electron chi connectivity index (χ2n) is 4.00. The van der Waals surface area contributed by atoms with Gasteiger partial charge in [0.25, 0.3) is 0 Å². The Morgan fingerprint density at radius 2 is 2.16 bits per heavy atom. The second kappa shape index (κ2) is 7.09. The normalized spacial score (nSPS) is 11.5. The van der Waals surface area contributed by atoms with Gasteiger partial charge in [-0.25, -0.2) is 8.42 Å². The van der Waals surface area contributed by atoms with Gasteiger partial charge in [-0.1, -0.05) is 6.54 Å². The summed E-state index contributed by atoms with van der Waals surface area (Å²) >= 11 is 3.24. The van der Waals surface area contributed by atoms with Crippen LogP contribution in [0, 0.1) is 0 Å². The van der Waals surface area contributed by atoms with E-state index in [1.54, 1.807) is 12.1 Å². The molecule has 0 bridgehead atoms. The van der Waals surface area contributed by atoms with E-state index in [0.29, 0.717) is 23.3 Å². The number of aromatic hydroxyl groups is 1. The third-order valence-electron chi connectivity index (χ3n) is 2.35. The minimum Gasteiger partial charge on any atom is -0.545 e. The first-order chi connectivity index (χ1) is 8.83. The molecule has 1 aromatic rings. The summed E-state index contributed by atoms with van der Waals surface area (Å²) in [6.07, 6.45) is 1.08. The Kier molecular flexibility index (Phi) is 6.05. The number of hydrogen-bond donors (Lipinski definition) is 2. The monoisotopic (exact) mass is 352 g/mol. The zero-order valence-corrected chi connectivity index (χ0v) is 13.2. The lowest BCUT2D eigenvalue weighted by Gasteiger charge is -2.15. The van der Waals surface area contributed by atoms with Gasteiger partial charge in [-0.2, -0.15) is 0 Å². The molecular weight excluding hydrogens is 336 g/mol. The molecule has 1 rings (SSSR count). The van der Waals surface area contributed by atoms with E-state index < -0.39 is 10.0 Å². The molecule has 0 atom stereocenters. The highest BCUT2D eigenvalue weighted by molar-refractivity contribution is 9.10. The van der Waals surface area contributed by atoms with Crippen LogP contribution in [-0.2, 0) is 16.6 Å². The largest absolute Gasteiger partial charge is 0.545 e. The third kappa shape index (κ3) is 5.77. The molecule has 0 aliphatic heterocycles. The molecular formula is C11H17BrN2O4S. The molecule has 0 heterocycles. The molecule has 0 fully saturated rings. The van der Waals surface area contributed by atoms with E-state index in [1.807, 2.05) is 5.32 Å². The zero-order valence-electron chi connectivity index (χ0n) is 10.8. The number of ether oxygens (including phenoxy) is 1. The molecule has 3 N–H and O–H groups in total. The van der Waals surface area contributed by atoms with Crippen LogP contribution < -0.4 is 10.1 Å². The van der Waals surface area contributed by atoms with E-state index in [9.17, 15) is 13.5 Å². The van der Waals surface area contributed by atoms with Crippen molar-refractivity contribution < 1.29 is 23.6 Å². The van der Waals surface area contributed by atoms with Gasteiger partial charge in [-0.05, 0) is 28.1 Å². The van der Waals surface area contributed by atoms with E-state index in [4.69, 9.17) is 4.74 Å². The van der Waals surface area contributed by atoms with E-state index in [1.165, 1.54) is 7.11 Å². The predicted octanol–water partition coefficient (Wildman–Crippen LogP) is 0.560. The molecule has 19 heavy (non-hydrogen) atoms. The molecule has 0 aliphatic carbocycles. The predicted molar refractivity (Wildman–Crippen MR) is 75.9 cm³/mol. The van der Waals surface area contributed by atoms with Crippen molar-refractivity contribution >= 4 is 26.0 Å². The molecule has 8 heteroatoms. The van der Waals surface area contributed by atoms with Crippen molar-refractivity contribution in [1.82, 2.24) is 0 Å². The van der Waals surface area contributed by atoms with Crippen LogP contribution in [0.3, 0.4) is 0 Å². The Morgan fingerprint density at radius 1 is 1.47 bits per heavy atom. The van der Waals surface area contributed by atoms with Gasteiger partial charge in [0.05, 0.1) is 28.2 Å². The molecule has 0 aliphatic rings. The molecule has 0 amide bonds. The fourth-order valence-electron chi connectivity index (χ4n) is 1.48. The summed E-state index contributed by atoms with van der Waals surface area (Å²) in [5.41, 5.74) is 0.959. The summed E-state index contributed by atoms with van der Waals surface area (Å²) in [5, 5.41) is 11.6. The summed E-state index contributed by atoms with van der Waals surface area (Å²) in [4.78, 5) is 0. The summed E-state index contributed by atoms with van der Waals surface area (Å²) < 4.78 is 30.7. The maximum atomic E-state index is 10.8. The number of phenolic OH excluding ortho intramolecular Hbond substituents is 1. The number of quaternary nitrogens is 1. The number of phenols is 1. The fourth-order valence-corrected chi connectivity index (χ4v) is 2.41. The lowest BCUT2D eigenvalue weighted by atomic mass is 10.2. The van der Waals surface area contributed by atoms with Crippen molar-refractivity contribution in [3.63, 3.8) is 0 Å². The van der Waals surface area contributed by atoms with Gasteiger partial charge in [0, 0.05) is 11.8 Å². The van der Waals surface area contributed by atoms with Gasteiger partial charge in [-0.15, -0.1) is 0 Å². The maximum absolute atomic E-state index is 10.8. The molecule has 0 radical (unpaired) electrons. The highest BCUT2D eigenvalue weighted by Crippen LogP contribution is 2.34. The number of nitrogens with zero attached hydrogens (tertiary/aromatic N) is 1. The van der Waals surface area contributed by atoms with Crippen LogP contribution in [0.25, 0.3) is 4.72 Å². The van der Waals surface area contributed by atoms with Crippen LogP contribution in [0.2, 0.25) is 0 Å². The first kappa shape index (κ1) is 16.2. The Hall–Kier alpha value is -0.830. The minimum absolute atomic E-state index is 0.0679. The number of methoxy groups -OCH3 is 1. The molecule has 0 saturated heterocycles. The van der Waals surface area contributed by atoms with Crippen LogP contribution in [0.5, 0.6) is 11.5 Å². The molecule has 0 unspecified atom stereocenters. The number of halogens is 1. The summed E-state index contributed by atoms with van der Waals surface area (Å²) in [7, 11) is -1.76. The zero-order chi connectivity index (χ0) is 14.5. The Bertz CT molecular complexity index is 534. The van der Waals surface area contributed by atoms with Gasteiger partial charge >= 0.3 is 0 Å². The fraction of sp³-hybridized carbons (Fsp3) is 0.455. The van der Waals surface area contributed by atoms with Crippen LogP contribution in [0.1, 0.15) is 5.56 Å². The van der Waals surface area contributed by atoms with Gasteiger partial charge in [-0.3, -0.25) is 0 Å². The summed E-state index contributed by atoms with van der Waals surface area (Å²) in [6.45, 7) is 1.48. The van der Waals surface area contributed by atoms with Crippen molar-refractivity contribution in [2.75, 3.05) is 26.5 Å². The van der Waals surface area contributed by atoms with Crippen molar-refractivity contribution in [1.29, 1.82) is 0 Å². The van der Waals surface area contributed by atoms with Crippen LogP contribution in [-0.4, -0.2) is 40.0 Å². The van der Waals surface area contributed by atoms with Crippen molar-refractivity contribution in [2.45, 2.75) is 6.54 Å². The number of sulfonamides is 1. The molecule has 108 valence electrons.